The summed E-state index contributed by atoms with van der Waals surface area (Å²) < 4.78 is 4.82. The second kappa shape index (κ2) is 4.04. The summed E-state index contributed by atoms with van der Waals surface area (Å²) in [6.07, 6.45) is 4.07. The van der Waals surface area contributed by atoms with Crippen molar-refractivity contribution in [2.75, 3.05) is 0 Å². The lowest BCUT2D eigenvalue weighted by molar-refractivity contribution is 0.0943. The quantitative estimate of drug-likeness (QED) is 0.646. The van der Waals surface area contributed by atoms with Crippen LogP contribution in [0.15, 0.2) is 10.7 Å². The molecule has 0 N–H and O–H groups in total. The van der Waals surface area contributed by atoms with Gasteiger partial charge in [-0.2, -0.15) is 0 Å². The second-order valence-corrected chi connectivity index (χ2v) is 2.86. The van der Waals surface area contributed by atoms with Gasteiger partial charge in [-0.25, -0.2) is 0 Å². The van der Waals surface area contributed by atoms with Crippen LogP contribution in [0.2, 0.25) is 0 Å². The standard InChI is InChI=1S/C9H13NO2/c1-3-4-5-8(11)9-7(2)6-10-12-9/h6H,3-5H2,1-2H3. The van der Waals surface area contributed by atoms with E-state index in [0.717, 1.165) is 18.4 Å². The monoisotopic (exact) mass is 167 g/mol. The zero-order valence-corrected chi connectivity index (χ0v) is 7.46. The van der Waals surface area contributed by atoms with Crippen molar-refractivity contribution < 1.29 is 9.32 Å². The van der Waals surface area contributed by atoms with Crippen LogP contribution in [0.1, 0.15) is 42.3 Å². The van der Waals surface area contributed by atoms with Gasteiger partial charge in [-0.3, -0.25) is 4.79 Å². The molecule has 0 radical (unpaired) electrons. The van der Waals surface area contributed by atoms with E-state index in [0.29, 0.717) is 12.2 Å². The second-order valence-electron chi connectivity index (χ2n) is 2.86. The number of Topliss-reactive ketones (excluding diaryl/α,β-unsaturated/α-hetero) is 1. The Hall–Kier alpha value is -1.12. The van der Waals surface area contributed by atoms with Crippen LogP contribution in [-0.2, 0) is 0 Å². The minimum Gasteiger partial charge on any atom is -0.353 e. The summed E-state index contributed by atoms with van der Waals surface area (Å²) in [5, 5.41) is 3.56. The molecular formula is C9H13NO2. The molecule has 0 amide bonds. The highest BCUT2D eigenvalue weighted by Gasteiger charge is 2.12. The van der Waals surface area contributed by atoms with Crippen molar-refractivity contribution >= 4 is 5.78 Å². The van der Waals surface area contributed by atoms with Gasteiger partial charge in [0.1, 0.15) is 0 Å². The molecule has 1 aromatic rings. The van der Waals surface area contributed by atoms with E-state index in [4.69, 9.17) is 4.52 Å². The van der Waals surface area contributed by atoms with Crippen LogP contribution in [-0.4, -0.2) is 10.9 Å². The van der Waals surface area contributed by atoms with Gasteiger partial charge in [-0.1, -0.05) is 18.5 Å². The number of ketones is 1. The molecule has 0 spiro atoms. The van der Waals surface area contributed by atoms with Gasteiger partial charge in [0.05, 0.1) is 6.20 Å². The maximum Gasteiger partial charge on any atom is 0.205 e. The molecule has 0 fully saturated rings. The molecule has 0 saturated carbocycles. The first-order valence-corrected chi connectivity index (χ1v) is 4.20. The molecule has 3 nitrogen and oxygen atoms in total. The fourth-order valence-corrected chi connectivity index (χ4v) is 1.01. The number of aromatic nitrogens is 1. The molecule has 0 aromatic carbocycles. The van der Waals surface area contributed by atoms with E-state index < -0.39 is 0 Å². The fraction of sp³-hybridized carbons (Fsp3) is 0.556. The van der Waals surface area contributed by atoms with Crippen molar-refractivity contribution in [1.82, 2.24) is 5.16 Å². The van der Waals surface area contributed by atoms with Crippen molar-refractivity contribution in [2.24, 2.45) is 0 Å². The highest BCUT2D eigenvalue weighted by atomic mass is 16.5. The van der Waals surface area contributed by atoms with Gasteiger partial charge in [-0.15, -0.1) is 0 Å². The summed E-state index contributed by atoms with van der Waals surface area (Å²) in [5.74, 6) is 0.482. The molecular weight excluding hydrogens is 154 g/mol. The van der Waals surface area contributed by atoms with E-state index in [-0.39, 0.29) is 5.78 Å². The molecule has 12 heavy (non-hydrogen) atoms. The molecule has 0 bridgehead atoms. The predicted molar refractivity (Wildman–Crippen MR) is 45.1 cm³/mol. The lowest BCUT2D eigenvalue weighted by Crippen LogP contribution is -1.98. The Morgan fingerprint density at radius 2 is 2.42 bits per heavy atom. The lowest BCUT2D eigenvalue weighted by Gasteiger charge is -1.94. The Morgan fingerprint density at radius 1 is 1.67 bits per heavy atom. The Kier molecular flexibility index (Phi) is 3.02. The number of hydrogen-bond acceptors (Lipinski definition) is 3. The molecule has 3 heteroatoms. The first-order chi connectivity index (χ1) is 5.75. The third-order valence-electron chi connectivity index (χ3n) is 1.76. The fourth-order valence-electron chi connectivity index (χ4n) is 1.01. The first kappa shape index (κ1) is 8.97. The van der Waals surface area contributed by atoms with Crippen LogP contribution in [0.3, 0.4) is 0 Å². The van der Waals surface area contributed by atoms with Gasteiger partial charge < -0.3 is 4.52 Å². The number of rotatable bonds is 4. The van der Waals surface area contributed by atoms with Crippen LogP contribution in [0.4, 0.5) is 0 Å². The number of carbonyl (C=O) groups is 1. The minimum absolute atomic E-state index is 0.0619. The topological polar surface area (TPSA) is 43.1 Å². The van der Waals surface area contributed by atoms with E-state index in [2.05, 4.69) is 12.1 Å². The maximum absolute atomic E-state index is 11.4. The van der Waals surface area contributed by atoms with Gasteiger partial charge in [0.2, 0.25) is 11.5 Å². The Balaban J connectivity index is 2.59. The van der Waals surface area contributed by atoms with Gasteiger partial charge in [-0.05, 0) is 13.3 Å². The number of aryl methyl sites for hydroxylation is 1. The molecule has 0 unspecified atom stereocenters. The molecule has 0 saturated heterocycles. The molecule has 1 heterocycles. The Morgan fingerprint density at radius 3 is 2.92 bits per heavy atom. The SMILES string of the molecule is CCCCC(=O)c1oncc1C. The number of hydrogen-bond donors (Lipinski definition) is 0. The number of unbranched alkanes of at least 4 members (excludes halogenated alkanes) is 1. The van der Waals surface area contributed by atoms with Crippen molar-refractivity contribution in [2.45, 2.75) is 33.1 Å². The molecule has 0 atom stereocenters. The van der Waals surface area contributed by atoms with Gasteiger partial charge >= 0.3 is 0 Å². The van der Waals surface area contributed by atoms with Gasteiger partial charge in [0.15, 0.2) is 0 Å². The van der Waals surface area contributed by atoms with E-state index in [9.17, 15) is 4.79 Å². The average Bonchev–Trinajstić information content (AvgIpc) is 2.47. The Labute approximate surface area is 71.7 Å². The maximum atomic E-state index is 11.4. The highest BCUT2D eigenvalue weighted by molar-refractivity contribution is 5.94. The normalized spacial score (nSPS) is 10.2. The molecule has 66 valence electrons. The molecule has 0 aliphatic heterocycles. The zero-order chi connectivity index (χ0) is 8.97. The summed E-state index contributed by atoms with van der Waals surface area (Å²) in [5.41, 5.74) is 0.830. The van der Waals surface area contributed by atoms with Crippen molar-refractivity contribution in [3.05, 3.63) is 17.5 Å². The summed E-state index contributed by atoms with van der Waals surface area (Å²) >= 11 is 0. The largest absolute Gasteiger partial charge is 0.353 e. The number of carbonyl (C=O) groups excluding carboxylic acids is 1. The third-order valence-corrected chi connectivity index (χ3v) is 1.76. The van der Waals surface area contributed by atoms with E-state index in [1.54, 1.807) is 6.20 Å². The molecule has 1 rings (SSSR count). The van der Waals surface area contributed by atoms with Crippen molar-refractivity contribution in [3.8, 4) is 0 Å². The van der Waals surface area contributed by atoms with Crippen molar-refractivity contribution in [1.29, 1.82) is 0 Å². The molecule has 0 aliphatic rings. The smallest absolute Gasteiger partial charge is 0.205 e. The Bertz CT molecular complexity index is 265. The van der Waals surface area contributed by atoms with E-state index in [1.807, 2.05) is 6.92 Å². The van der Waals surface area contributed by atoms with E-state index in [1.165, 1.54) is 0 Å². The molecule has 0 aliphatic carbocycles. The van der Waals surface area contributed by atoms with Crippen LogP contribution in [0.5, 0.6) is 0 Å². The van der Waals surface area contributed by atoms with Crippen LogP contribution < -0.4 is 0 Å². The molecule has 1 aromatic heterocycles. The zero-order valence-electron chi connectivity index (χ0n) is 7.46. The summed E-state index contributed by atoms with van der Waals surface area (Å²) in [7, 11) is 0. The average molecular weight is 167 g/mol. The van der Waals surface area contributed by atoms with Crippen LogP contribution in [0.25, 0.3) is 0 Å². The summed E-state index contributed by atoms with van der Waals surface area (Å²) in [4.78, 5) is 11.4. The van der Waals surface area contributed by atoms with Crippen molar-refractivity contribution in [3.63, 3.8) is 0 Å². The van der Waals surface area contributed by atoms with E-state index >= 15 is 0 Å². The van der Waals surface area contributed by atoms with Gasteiger partial charge in [0.25, 0.3) is 0 Å². The van der Waals surface area contributed by atoms with Crippen LogP contribution in [0, 0.1) is 6.92 Å². The van der Waals surface area contributed by atoms with Gasteiger partial charge in [0, 0.05) is 12.0 Å². The van der Waals surface area contributed by atoms with Crippen LogP contribution >= 0.6 is 0 Å². The number of nitrogens with zero attached hydrogens (tertiary/aromatic N) is 1. The lowest BCUT2D eigenvalue weighted by atomic mass is 10.1. The highest BCUT2D eigenvalue weighted by Crippen LogP contribution is 2.10. The third kappa shape index (κ3) is 1.94. The summed E-state index contributed by atoms with van der Waals surface area (Å²) in [6, 6.07) is 0. The first-order valence-electron chi connectivity index (χ1n) is 4.20. The minimum atomic E-state index is 0.0619. The predicted octanol–water partition coefficient (Wildman–Crippen LogP) is 2.36. The summed E-state index contributed by atoms with van der Waals surface area (Å²) in [6.45, 7) is 3.89.